The van der Waals surface area contributed by atoms with Gasteiger partial charge in [-0.2, -0.15) is 4.68 Å². The molecule has 0 saturated carbocycles. The van der Waals surface area contributed by atoms with Gasteiger partial charge in [0.1, 0.15) is 6.33 Å². The van der Waals surface area contributed by atoms with Crippen LogP contribution in [-0.2, 0) is 10.2 Å². The molecule has 1 aliphatic rings. The highest BCUT2D eigenvalue weighted by molar-refractivity contribution is 6.30. The molecule has 0 bridgehead atoms. The lowest BCUT2D eigenvalue weighted by molar-refractivity contribution is 0.0487. The van der Waals surface area contributed by atoms with Crippen molar-refractivity contribution < 1.29 is 9.53 Å². The molecule has 1 fully saturated rings. The summed E-state index contributed by atoms with van der Waals surface area (Å²) in [6, 6.07) is 15.1. The minimum atomic E-state index is -0.206. The number of halogens is 1. The van der Waals surface area contributed by atoms with E-state index in [1.54, 1.807) is 6.07 Å². The van der Waals surface area contributed by atoms with Crippen LogP contribution in [0.15, 0.2) is 54.9 Å². The maximum Gasteiger partial charge on any atom is 0.253 e. The molecule has 0 aliphatic carbocycles. The van der Waals surface area contributed by atoms with Gasteiger partial charge in [0.2, 0.25) is 0 Å². The Morgan fingerprint density at radius 2 is 2.00 bits per heavy atom. The van der Waals surface area contributed by atoms with E-state index in [-0.39, 0.29) is 11.3 Å². The number of aromatic nitrogens is 4. The van der Waals surface area contributed by atoms with Crippen LogP contribution in [0.25, 0.3) is 5.69 Å². The summed E-state index contributed by atoms with van der Waals surface area (Å²) < 4.78 is 7.05. The number of tetrazole rings is 1. The van der Waals surface area contributed by atoms with E-state index in [2.05, 4.69) is 26.9 Å². The van der Waals surface area contributed by atoms with Gasteiger partial charge < -0.3 is 10.1 Å². The van der Waals surface area contributed by atoms with E-state index in [4.69, 9.17) is 16.3 Å². The van der Waals surface area contributed by atoms with E-state index in [0.29, 0.717) is 36.0 Å². The van der Waals surface area contributed by atoms with Gasteiger partial charge in [-0.05, 0) is 53.1 Å². The summed E-state index contributed by atoms with van der Waals surface area (Å²) in [4.78, 5) is 13.0. The summed E-state index contributed by atoms with van der Waals surface area (Å²) in [5.41, 5.74) is 2.07. The van der Waals surface area contributed by atoms with E-state index < -0.39 is 0 Å². The number of para-hydroxylation sites is 1. The molecule has 28 heavy (non-hydrogen) atoms. The van der Waals surface area contributed by atoms with Gasteiger partial charge >= 0.3 is 0 Å². The largest absolute Gasteiger partial charge is 0.381 e. The molecule has 2 aromatic carbocycles. The molecule has 7 nitrogen and oxygen atoms in total. The number of rotatable bonds is 5. The van der Waals surface area contributed by atoms with E-state index in [1.807, 2.05) is 36.4 Å². The molecule has 0 spiro atoms. The number of ether oxygens (including phenoxy) is 1. The molecular formula is C20H20ClN5O2. The third kappa shape index (κ3) is 3.76. The molecular weight excluding hydrogens is 378 g/mol. The van der Waals surface area contributed by atoms with Crippen LogP contribution in [0.5, 0.6) is 0 Å². The number of benzene rings is 2. The number of hydrogen-bond acceptors (Lipinski definition) is 5. The number of carbonyl (C=O) groups excluding carboxylic acids is 1. The van der Waals surface area contributed by atoms with Crippen LogP contribution in [0, 0.1) is 0 Å². The number of nitrogens with zero attached hydrogens (tertiary/aromatic N) is 4. The molecule has 1 aliphatic heterocycles. The SMILES string of the molecule is O=C(NCC1(c2cccc(Cl)c2)CCOCC1)c1ccccc1-n1cnnn1. The lowest BCUT2D eigenvalue weighted by Gasteiger charge is -2.38. The zero-order chi connectivity index (χ0) is 19.4. The molecule has 2 heterocycles. The maximum atomic E-state index is 13.0. The fraction of sp³-hybridized carbons (Fsp3) is 0.300. The van der Waals surface area contributed by atoms with Gasteiger partial charge in [-0.25, -0.2) is 0 Å². The molecule has 0 unspecified atom stereocenters. The smallest absolute Gasteiger partial charge is 0.253 e. The molecule has 144 valence electrons. The first-order chi connectivity index (χ1) is 13.7. The van der Waals surface area contributed by atoms with Crippen molar-refractivity contribution in [1.82, 2.24) is 25.5 Å². The van der Waals surface area contributed by atoms with Crippen LogP contribution in [0.2, 0.25) is 5.02 Å². The van der Waals surface area contributed by atoms with Crippen LogP contribution >= 0.6 is 11.6 Å². The third-order valence-corrected chi connectivity index (χ3v) is 5.45. The van der Waals surface area contributed by atoms with Gasteiger partial charge in [0.05, 0.1) is 11.3 Å². The highest BCUT2D eigenvalue weighted by Gasteiger charge is 2.35. The minimum Gasteiger partial charge on any atom is -0.381 e. The monoisotopic (exact) mass is 397 g/mol. The summed E-state index contributed by atoms with van der Waals surface area (Å²) >= 11 is 6.22. The van der Waals surface area contributed by atoms with E-state index in [0.717, 1.165) is 18.4 Å². The Morgan fingerprint density at radius 3 is 2.75 bits per heavy atom. The Bertz CT molecular complexity index is 955. The molecule has 0 atom stereocenters. The Morgan fingerprint density at radius 1 is 1.18 bits per heavy atom. The summed E-state index contributed by atoms with van der Waals surface area (Å²) in [5.74, 6) is -0.168. The first-order valence-corrected chi connectivity index (χ1v) is 9.50. The Labute approximate surface area is 167 Å². The van der Waals surface area contributed by atoms with Crippen molar-refractivity contribution in [2.24, 2.45) is 0 Å². The Kier molecular flexibility index (Phi) is 5.36. The van der Waals surface area contributed by atoms with Crippen molar-refractivity contribution in [3.05, 3.63) is 71.0 Å². The van der Waals surface area contributed by atoms with Gasteiger partial charge in [0, 0.05) is 30.2 Å². The first kappa shape index (κ1) is 18.6. The van der Waals surface area contributed by atoms with Crippen molar-refractivity contribution >= 4 is 17.5 Å². The van der Waals surface area contributed by atoms with Gasteiger partial charge in [0.15, 0.2) is 0 Å². The van der Waals surface area contributed by atoms with E-state index in [9.17, 15) is 4.79 Å². The summed E-state index contributed by atoms with van der Waals surface area (Å²) in [6.07, 6.45) is 3.11. The highest BCUT2D eigenvalue weighted by atomic mass is 35.5. The predicted molar refractivity (Wildman–Crippen MR) is 105 cm³/mol. The van der Waals surface area contributed by atoms with Crippen LogP contribution < -0.4 is 5.32 Å². The minimum absolute atomic E-state index is 0.168. The first-order valence-electron chi connectivity index (χ1n) is 9.12. The molecule has 4 rings (SSSR count). The number of hydrogen-bond donors (Lipinski definition) is 1. The second-order valence-electron chi connectivity index (χ2n) is 6.86. The molecule has 1 saturated heterocycles. The molecule has 1 N–H and O–H groups in total. The zero-order valence-corrected chi connectivity index (χ0v) is 16.0. The molecule has 1 amide bonds. The second-order valence-corrected chi connectivity index (χ2v) is 7.29. The van der Waals surface area contributed by atoms with Crippen LogP contribution in [0.3, 0.4) is 0 Å². The van der Waals surface area contributed by atoms with Gasteiger partial charge in [0.25, 0.3) is 5.91 Å². The van der Waals surface area contributed by atoms with Crippen LogP contribution in [0.4, 0.5) is 0 Å². The normalized spacial score (nSPS) is 15.9. The zero-order valence-electron chi connectivity index (χ0n) is 15.2. The topological polar surface area (TPSA) is 81.9 Å². The summed E-state index contributed by atoms with van der Waals surface area (Å²) in [6.45, 7) is 1.81. The molecule has 8 heteroatoms. The fourth-order valence-corrected chi connectivity index (χ4v) is 3.82. The predicted octanol–water partition coefficient (Wildman–Crippen LogP) is 2.79. The lowest BCUT2D eigenvalue weighted by Crippen LogP contribution is -2.44. The summed E-state index contributed by atoms with van der Waals surface area (Å²) in [5, 5.41) is 15.0. The van der Waals surface area contributed by atoms with Crippen molar-refractivity contribution in [3.8, 4) is 5.69 Å². The fourth-order valence-electron chi connectivity index (χ4n) is 3.63. The molecule has 1 aromatic heterocycles. The van der Waals surface area contributed by atoms with Crippen molar-refractivity contribution in [2.75, 3.05) is 19.8 Å². The standard InChI is InChI=1S/C20H20ClN5O2/c21-16-5-3-4-15(12-16)20(8-10-28-11-9-20)13-22-19(27)17-6-1-2-7-18(17)26-14-23-24-25-26/h1-7,12,14H,8-11,13H2,(H,22,27). The number of amides is 1. The van der Waals surface area contributed by atoms with Gasteiger partial charge in [-0.3, -0.25) is 4.79 Å². The lowest BCUT2D eigenvalue weighted by atomic mass is 9.74. The average molecular weight is 398 g/mol. The van der Waals surface area contributed by atoms with E-state index in [1.165, 1.54) is 11.0 Å². The van der Waals surface area contributed by atoms with Crippen LogP contribution in [0.1, 0.15) is 28.8 Å². The van der Waals surface area contributed by atoms with Crippen LogP contribution in [-0.4, -0.2) is 45.9 Å². The summed E-state index contributed by atoms with van der Waals surface area (Å²) in [7, 11) is 0. The van der Waals surface area contributed by atoms with Crippen molar-refractivity contribution in [3.63, 3.8) is 0 Å². The second kappa shape index (κ2) is 8.08. The van der Waals surface area contributed by atoms with Crippen molar-refractivity contribution in [1.29, 1.82) is 0 Å². The quantitative estimate of drug-likeness (QED) is 0.715. The van der Waals surface area contributed by atoms with E-state index >= 15 is 0 Å². The number of carbonyl (C=O) groups is 1. The van der Waals surface area contributed by atoms with Gasteiger partial charge in [-0.1, -0.05) is 35.9 Å². The Hall–Kier alpha value is -2.77. The maximum absolute atomic E-state index is 13.0. The highest BCUT2D eigenvalue weighted by Crippen LogP contribution is 2.35. The average Bonchev–Trinajstić information content (AvgIpc) is 3.27. The molecule has 0 radical (unpaired) electrons. The Balaban J connectivity index is 1.58. The van der Waals surface area contributed by atoms with Crippen molar-refractivity contribution in [2.45, 2.75) is 18.3 Å². The third-order valence-electron chi connectivity index (χ3n) is 5.22. The van der Waals surface area contributed by atoms with Gasteiger partial charge in [-0.15, -0.1) is 5.10 Å². The molecule has 3 aromatic rings. The number of nitrogens with one attached hydrogen (secondary N) is 1.